The van der Waals surface area contributed by atoms with Crippen LogP contribution in [0.5, 0.6) is 0 Å². The Morgan fingerprint density at radius 1 is 1.56 bits per heavy atom. The van der Waals surface area contributed by atoms with Crippen LogP contribution in [0.25, 0.3) is 0 Å². The quantitative estimate of drug-likeness (QED) is 0.727. The van der Waals surface area contributed by atoms with Crippen LogP contribution in [-0.4, -0.2) is 54.4 Å². The third kappa shape index (κ3) is 3.69. The smallest absolute Gasteiger partial charge is 0.317 e. The lowest BCUT2D eigenvalue weighted by atomic mass is 10.0. The molecule has 0 radical (unpaired) electrons. The van der Waals surface area contributed by atoms with Crippen LogP contribution in [0.3, 0.4) is 0 Å². The first kappa shape index (κ1) is 12.8. The maximum Gasteiger partial charge on any atom is 0.317 e. The molecule has 6 nitrogen and oxygen atoms in total. The van der Waals surface area contributed by atoms with E-state index in [1.807, 2.05) is 6.92 Å². The second kappa shape index (κ2) is 5.16. The van der Waals surface area contributed by atoms with Gasteiger partial charge in [0.05, 0.1) is 18.6 Å². The standard InChI is InChI=1S/C10H18N2O4/c1-10(4-6-16-7-10)11-9(15)12(2)5-3-8(13)14/h3-7H2,1-2H3,(H,11,15)(H,13,14). The highest BCUT2D eigenvalue weighted by Gasteiger charge is 2.32. The maximum atomic E-state index is 11.7. The van der Waals surface area contributed by atoms with Gasteiger partial charge in [0.15, 0.2) is 0 Å². The molecule has 6 heteroatoms. The molecule has 1 aliphatic heterocycles. The van der Waals surface area contributed by atoms with E-state index in [0.717, 1.165) is 6.42 Å². The molecule has 1 saturated heterocycles. The van der Waals surface area contributed by atoms with E-state index in [0.29, 0.717) is 13.2 Å². The summed E-state index contributed by atoms with van der Waals surface area (Å²) in [6, 6.07) is -0.255. The molecule has 0 aliphatic carbocycles. The van der Waals surface area contributed by atoms with Crippen molar-refractivity contribution in [2.24, 2.45) is 0 Å². The zero-order valence-corrected chi connectivity index (χ0v) is 9.65. The summed E-state index contributed by atoms with van der Waals surface area (Å²) in [6.07, 6.45) is 0.739. The van der Waals surface area contributed by atoms with Crippen LogP contribution < -0.4 is 5.32 Å². The summed E-state index contributed by atoms with van der Waals surface area (Å²) in [5.41, 5.74) is -0.325. The fourth-order valence-corrected chi connectivity index (χ4v) is 1.48. The molecule has 1 fully saturated rings. The largest absolute Gasteiger partial charge is 0.481 e. The van der Waals surface area contributed by atoms with E-state index >= 15 is 0 Å². The molecule has 0 aromatic carbocycles. The molecule has 1 aliphatic rings. The Labute approximate surface area is 94.6 Å². The van der Waals surface area contributed by atoms with Crippen LogP contribution in [0.1, 0.15) is 19.8 Å². The highest BCUT2D eigenvalue weighted by molar-refractivity contribution is 5.75. The Morgan fingerprint density at radius 3 is 2.75 bits per heavy atom. The zero-order chi connectivity index (χ0) is 12.2. The lowest BCUT2D eigenvalue weighted by molar-refractivity contribution is -0.137. The minimum Gasteiger partial charge on any atom is -0.481 e. The fraction of sp³-hybridized carbons (Fsp3) is 0.800. The van der Waals surface area contributed by atoms with Gasteiger partial charge in [-0.2, -0.15) is 0 Å². The number of carboxylic acid groups (broad SMARTS) is 1. The van der Waals surface area contributed by atoms with Gasteiger partial charge >= 0.3 is 12.0 Å². The van der Waals surface area contributed by atoms with Gasteiger partial charge in [-0.15, -0.1) is 0 Å². The first-order valence-corrected chi connectivity index (χ1v) is 5.26. The Balaban J connectivity index is 2.36. The van der Waals surface area contributed by atoms with Crippen LogP contribution in [0.2, 0.25) is 0 Å². The average Bonchev–Trinajstić information content (AvgIpc) is 2.61. The van der Waals surface area contributed by atoms with E-state index in [-0.39, 0.29) is 24.5 Å². The van der Waals surface area contributed by atoms with E-state index in [1.54, 1.807) is 7.05 Å². The van der Waals surface area contributed by atoms with Crippen molar-refractivity contribution in [3.63, 3.8) is 0 Å². The summed E-state index contributed by atoms with van der Waals surface area (Å²) in [5.74, 6) is -0.907. The number of hydrogen-bond donors (Lipinski definition) is 2. The number of urea groups is 1. The van der Waals surface area contributed by atoms with Gasteiger partial charge in [0.25, 0.3) is 0 Å². The normalized spacial score (nSPS) is 24.1. The predicted molar refractivity (Wildman–Crippen MR) is 57.3 cm³/mol. The number of hydrogen-bond acceptors (Lipinski definition) is 3. The predicted octanol–water partition coefficient (Wildman–Crippen LogP) is 0.281. The van der Waals surface area contributed by atoms with Crippen LogP contribution in [-0.2, 0) is 9.53 Å². The average molecular weight is 230 g/mol. The molecule has 1 unspecified atom stereocenters. The van der Waals surface area contributed by atoms with Crippen molar-refractivity contribution < 1.29 is 19.4 Å². The minimum absolute atomic E-state index is 0.0445. The molecular weight excluding hydrogens is 212 g/mol. The first-order valence-electron chi connectivity index (χ1n) is 5.26. The molecule has 0 saturated carbocycles. The van der Waals surface area contributed by atoms with Crippen molar-refractivity contribution in [1.82, 2.24) is 10.2 Å². The van der Waals surface area contributed by atoms with Crippen molar-refractivity contribution in [3.8, 4) is 0 Å². The molecule has 0 aromatic rings. The lowest BCUT2D eigenvalue weighted by Crippen LogP contribution is -2.51. The van der Waals surface area contributed by atoms with Gasteiger partial charge in [-0.1, -0.05) is 0 Å². The summed E-state index contributed by atoms with van der Waals surface area (Å²) in [4.78, 5) is 23.4. The Hall–Kier alpha value is -1.30. The first-order chi connectivity index (χ1) is 7.43. The molecule has 1 heterocycles. The summed E-state index contributed by atoms with van der Waals surface area (Å²) in [6.45, 7) is 3.28. The van der Waals surface area contributed by atoms with Crippen LogP contribution >= 0.6 is 0 Å². The van der Waals surface area contributed by atoms with Gasteiger partial charge in [0, 0.05) is 20.2 Å². The minimum atomic E-state index is -0.907. The Morgan fingerprint density at radius 2 is 2.25 bits per heavy atom. The van der Waals surface area contributed by atoms with Gasteiger partial charge in [-0.3, -0.25) is 4.79 Å². The van der Waals surface area contributed by atoms with E-state index in [9.17, 15) is 9.59 Å². The number of aliphatic carboxylic acids is 1. The molecule has 92 valence electrons. The van der Waals surface area contributed by atoms with Crippen molar-refractivity contribution in [2.75, 3.05) is 26.8 Å². The van der Waals surface area contributed by atoms with E-state index in [2.05, 4.69) is 5.32 Å². The maximum absolute atomic E-state index is 11.7. The van der Waals surface area contributed by atoms with E-state index < -0.39 is 5.97 Å². The van der Waals surface area contributed by atoms with Gasteiger partial charge in [0.1, 0.15) is 0 Å². The number of carboxylic acids is 1. The molecule has 2 N–H and O–H groups in total. The molecular formula is C10H18N2O4. The molecule has 1 atom stereocenters. The van der Waals surface area contributed by atoms with Crippen LogP contribution in [0.4, 0.5) is 4.79 Å². The SMILES string of the molecule is CN(CCC(=O)O)C(=O)NC1(C)CCOC1. The van der Waals surface area contributed by atoms with Gasteiger partial charge in [0.2, 0.25) is 0 Å². The molecule has 16 heavy (non-hydrogen) atoms. The number of carbonyl (C=O) groups is 2. The van der Waals surface area contributed by atoms with Gasteiger partial charge in [-0.25, -0.2) is 4.79 Å². The highest BCUT2D eigenvalue weighted by Crippen LogP contribution is 2.17. The molecule has 0 aromatic heterocycles. The lowest BCUT2D eigenvalue weighted by Gasteiger charge is -2.27. The number of carbonyl (C=O) groups excluding carboxylic acids is 1. The van der Waals surface area contributed by atoms with Crippen molar-refractivity contribution in [3.05, 3.63) is 0 Å². The monoisotopic (exact) mass is 230 g/mol. The van der Waals surface area contributed by atoms with Gasteiger partial charge in [-0.05, 0) is 13.3 Å². The van der Waals surface area contributed by atoms with Crippen molar-refractivity contribution in [2.45, 2.75) is 25.3 Å². The van der Waals surface area contributed by atoms with Crippen molar-refractivity contribution >= 4 is 12.0 Å². The third-order valence-corrected chi connectivity index (χ3v) is 2.64. The summed E-state index contributed by atoms with van der Waals surface area (Å²) in [5, 5.41) is 11.3. The number of nitrogens with one attached hydrogen (secondary N) is 1. The second-order valence-corrected chi connectivity index (χ2v) is 4.36. The van der Waals surface area contributed by atoms with E-state index in [1.165, 1.54) is 4.90 Å². The Bertz CT molecular complexity index is 274. The molecule has 0 bridgehead atoms. The topological polar surface area (TPSA) is 78.9 Å². The second-order valence-electron chi connectivity index (χ2n) is 4.36. The van der Waals surface area contributed by atoms with Crippen LogP contribution in [0, 0.1) is 0 Å². The molecule has 0 spiro atoms. The van der Waals surface area contributed by atoms with Gasteiger partial charge < -0.3 is 20.1 Å². The van der Waals surface area contributed by atoms with Crippen LogP contribution in [0.15, 0.2) is 0 Å². The number of rotatable bonds is 4. The third-order valence-electron chi connectivity index (χ3n) is 2.64. The number of ether oxygens (including phenoxy) is 1. The summed E-state index contributed by atoms with van der Waals surface area (Å²) < 4.78 is 5.21. The van der Waals surface area contributed by atoms with Crippen molar-refractivity contribution in [1.29, 1.82) is 0 Å². The molecule has 2 amide bonds. The van der Waals surface area contributed by atoms with E-state index in [4.69, 9.17) is 9.84 Å². The summed E-state index contributed by atoms with van der Waals surface area (Å²) in [7, 11) is 1.58. The zero-order valence-electron chi connectivity index (χ0n) is 9.65. The molecule has 1 rings (SSSR count). The number of nitrogens with zero attached hydrogens (tertiary/aromatic N) is 1. The fourth-order valence-electron chi connectivity index (χ4n) is 1.48. The number of amides is 2. The highest BCUT2D eigenvalue weighted by atomic mass is 16.5. The Kier molecular flexibility index (Phi) is 4.12. The summed E-state index contributed by atoms with van der Waals surface area (Å²) >= 11 is 0.